The number of carboxylic acid groups (broad SMARTS) is 1. The van der Waals surface area contributed by atoms with Crippen LogP contribution in [0.4, 0.5) is 5.69 Å². The molecule has 98 valence electrons. The highest BCUT2D eigenvalue weighted by atomic mass is 16.6. The number of aromatic nitrogens is 1. The first-order valence-corrected chi connectivity index (χ1v) is 5.80. The Morgan fingerprint density at radius 1 is 1.47 bits per heavy atom. The van der Waals surface area contributed by atoms with Crippen LogP contribution in [-0.4, -0.2) is 27.0 Å². The van der Waals surface area contributed by atoms with Crippen molar-refractivity contribution in [1.82, 2.24) is 10.3 Å². The number of benzene rings is 1. The summed E-state index contributed by atoms with van der Waals surface area (Å²) in [5.74, 6) is -0.887. The topological polar surface area (TPSA) is 108 Å². The molecule has 2 heterocycles. The lowest BCUT2D eigenvalue weighted by Crippen LogP contribution is -2.41. The van der Waals surface area contributed by atoms with Gasteiger partial charge in [-0.2, -0.15) is 0 Å². The summed E-state index contributed by atoms with van der Waals surface area (Å²) in [5, 5.41) is 23.5. The van der Waals surface area contributed by atoms with Gasteiger partial charge in [0.25, 0.3) is 5.69 Å². The lowest BCUT2D eigenvalue weighted by Gasteiger charge is -2.20. The quantitative estimate of drug-likeness (QED) is 0.555. The van der Waals surface area contributed by atoms with Crippen LogP contribution in [-0.2, 0) is 17.8 Å². The SMILES string of the molecule is O=C(O)C1Cc2c([nH]c3cc([N+](=O)[O-])ccc23)CN1. The standard InChI is InChI=1S/C12H11N3O4/c16-12(17)10-4-8-7-2-1-6(15(18)19)3-9(7)14-11(8)5-13-10/h1-3,10,13-14H,4-5H2,(H,16,17). The van der Waals surface area contributed by atoms with Gasteiger partial charge in [0.1, 0.15) is 6.04 Å². The normalized spacial score (nSPS) is 18.2. The zero-order chi connectivity index (χ0) is 13.6. The molecule has 0 radical (unpaired) electrons. The monoisotopic (exact) mass is 261 g/mol. The highest BCUT2D eigenvalue weighted by Crippen LogP contribution is 2.29. The molecule has 0 saturated carbocycles. The Labute approximate surface area is 107 Å². The smallest absolute Gasteiger partial charge is 0.321 e. The number of aliphatic carboxylic acids is 1. The van der Waals surface area contributed by atoms with Gasteiger partial charge in [-0.25, -0.2) is 0 Å². The molecule has 0 amide bonds. The van der Waals surface area contributed by atoms with E-state index >= 15 is 0 Å². The lowest BCUT2D eigenvalue weighted by atomic mass is 9.98. The maximum absolute atomic E-state index is 11.0. The number of nitro groups is 1. The fourth-order valence-corrected chi connectivity index (χ4v) is 2.47. The van der Waals surface area contributed by atoms with Crippen molar-refractivity contribution >= 4 is 22.6 Å². The van der Waals surface area contributed by atoms with Gasteiger partial charge in [0, 0.05) is 36.2 Å². The molecule has 7 heteroatoms. The number of rotatable bonds is 2. The van der Waals surface area contributed by atoms with Crippen molar-refractivity contribution < 1.29 is 14.8 Å². The summed E-state index contributed by atoms with van der Waals surface area (Å²) in [7, 11) is 0. The second-order valence-electron chi connectivity index (χ2n) is 4.54. The minimum Gasteiger partial charge on any atom is -0.480 e. The van der Waals surface area contributed by atoms with Gasteiger partial charge in [0.2, 0.25) is 0 Å². The zero-order valence-electron chi connectivity index (χ0n) is 9.84. The first-order chi connectivity index (χ1) is 9.06. The van der Waals surface area contributed by atoms with Crippen LogP contribution >= 0.6 is 0 Å². The predicted octanol–water partition coefficient (Wildman–Crippen LogP) is 1.17. The second-order valence-corrected chi connectivity index (χ2v) is 4.54. The Balaban J connectivity index is 2.09. The predicted molar refractivity (Wildman–Crippen MR) is 66.9 cm³/mol. The van der Waals surface area contributed by atoms with Gasteiger partial charge in [-0.1, -0.05) is 0 Å². The molecule has 19 heavy (non-hydrogen) atoms. The van der Waals surface area contributed by atoms with Crippen LogP contribution in [0.5, 0.6) is 0 Å². The van der Waals surface area contributed by atoms with E-state index in [1.807, 2.05) is 0 Å². The number of nitro benzene ring substituents is 1. The van der Waals surface area contributed by atoms with Gasteiger partial charge < -0.3 is 10.1 Å². The summed E-state index contributed by atoms with van der Waals surface area (Å²) in [4.78, 5) is 24.4. The van der Waals surface area contributed by atoms with E-state index in [1.54, 1.807) is 6.07 Å². The first kappa shape index (κ1) is 11.7. The third-order valence-electron chi connectivity index (χ3n) is 3.42. The molecule has 1 aliphatic rings. The molecule has 0 bridgehead atoms. The Hall–Kier alpha value is -2.41. The molecule has 3 N–H and O–H groups in total. The first-order valence-electron chi connectivity index (χ1n) is 5.80. The molecule has 0 spiro atoms. The summed E-state index contributed by atoms with van der Waals surface area (Å²) in [6.07, 6.45) is 0.377. The van der Waals surface area contributed by atoms with Crippen LogP contribution in [0.15, 0.2) is 18.2 Å². The third kappa shape index (κ3) is 1.84. The van der Waals surface area contributed by atoms with Gasteiger partial charge >= 0.3 is 5.97 Å². The van der Waals surface area contributed by atoms with E-state index < -0.39 is 16.9 Å². The number of carbonyl (C=O) groups is 1. The minimum atomic E-state index is -0.887. The van der Waals surface area contributed by atoms with E-state index in [-0.39, 0.29) is 5.69 Å². The van der Waals surface area contributed by atoms with E-state index in [0.29, 0.717) is 18.5 Å². The summed E-state index contributed by atoms with van der Waals surface area (Å²) in [6, 6.07) is 3.98. The molecule has 1 unspecified atom stereocenters. The van der Waals surface area contributed by atoms with Crippen molar-refractivity contribution in [2.45, 2.75) is 19.0 Å². The average molecular weight is 261 g/mol. The van der Waals surface area contributed by atoms with Crippen LogP contribution in [0.3, 0.4) is 0 Å². The van der Waals surface area contributed by atoms with E-state index in [4.69, 9.17) is 5.11 Å². The maximum Gasteiger partial charge on any atom is 0.321 e. The number of nitrogens with zero attached hydrogens (tertiary/aromatic N) is 1. The van der Waals surface area contributed by atoms with Crippen molar-refractivity contribution in [3.63, 3.8) is 0 Å². The molecule has 0 saturated heterocycles. The Kier molecular flexibility index (Phi) is 2.49. The van der Waals surface area contributed by atoms with E-state index in [9.17, 15) is 14.9 Å². The number of aromatic amines is 1. The minimum absolute atomic E-state index is 0.0221. The fourth-order valence-electron chi connectivity index (χ4n) is 2.47. The number of fused-ring (bicyclic) bond motifs is 3. The van der Waals surface area contributed by atoms with Crippen molar-refractivity contribution in [1.29, 1.82) is 0 Å². The molecule has 1 aromatic carbocycles. The Morgan fingerprint density at radius 3 is 2.95 bits per heavy atom. The third-order valence-corrected chi connectivity index (χ3v) is 3.42. The maximum atomic E-state index is 11.0. The molecular formula is C12H11N3O4. The molecule has 3 rings (SSSR count). The van der Waals surface area contributed by atoms with Crippen LogP contribution in [0.25, 0.3) is 10.9 Å². The molecule has 7 nitrogen and oxygen atoms in total. The molecule has 1 aromatic heterocycles. The summed E-state index contributed by atoms with van der Waals surface area (Å²) < 4.78 is 0. The molecule has 0 aliphatic carbocycles. The number of non-ortho nitro benzene ring substituents is 1. The highest BCUT2D eigenvalue weighted by Gasteiger charge is 2.26. The lowest BCUT2D eigenvalue weighted by molar-refractivity contribution is -0.384. The Bertz CT molecular complexity index is 692. The molecule has 1 aliphatic heterocycles. The van der Waals surface area contributed by atoms with Gasteiger partial charge in [-0.3, -0.25) is 20.2 Å². The molecular weight excluding hydrogens is 250 g/mol. The van der Waals surface area contributed by atoms with Crippen LogP contribution in [0, 0.1) is 10.1 Å². The molecule has 2 aromatic rings. The number of hydrogen-bond donors (Lipinski definition) is 3. The Morgan fingerprint density at radius 2 is 2.26 bits per heavy atom. The van der Waals surface area contributed by atoms with E-state index in [2.05, 4.69) is 10.3 Å². The number of nitrogens with one attached hydrogen (secondary N) is 2. The van der Waals surface area contributed by atoms with Crippen molar-refractivity contribution in [3.8, 4) is 0 Å². The van der Waals surface area contributed by atoms with Crippen molar-refractivity contribution in [3.05, 3.63) is 39.6 Å². The van der Waals surface area contributed by atoms with Crippen molar-refractivity contribution in [2.24, 2.45) is 0 Å². The van der Waals surface area contributed by atoms with E-state index in [1.165, 1.54) is 12.1 Å². The van der Waals surface area contributed by atoms with Gasteiger partial charge in [0.05, 0.1) is 10.4 Å². The summed E-state index contributed by atoms with van der Waals surface area (Å²) in [6.45, 7) is 0.425. The van der Waals surface area contributed by atoms with E-state index in [0.717, 1.165) is 16.6 Å². The van der Waals surface area contributed by atoms with Gasteiger partial charge in [0.15, 0.2) is 0 Å². The second kappa shape index (κ2) is 4.06. The van der Waals surface area contributed by atoms with Crippen molar-refractivity contribution in [2.75, 3.05) is 0 Å². The summed E-state index contributed by atoms with van der Waals surface area (Å²) >= 11 is 0. The molecule has 1 atom stereocenters. The zero-order valence-corrected chi connectivity index (χ0v) is 9.84. The largest absolute Gasteiger partial charge is 0.480 e. The number of hydrogen-bond acceptors (Lipinski definition) is 4. The fraction of sp³-hybridized carbons (Fsp3) is 0.250. The number of carboxylic acids is 1. The van der Waals surface area contributed by atoms with Crippen LogP contribution in [0.2, 0.25) is 0 Å². The van der Waals surface area contributed by atoms with Gasteiger partial charge in [-0.15, -0.1) is 0 Å². The highest BCUT2D eigenvalue weighted by molar-refractivity contribution is 5.88. The number of H-pyrrole nitrogens is 1. The molecule has 0 fully saturated rings. The summed E-state index contributed by atoms with van der Waals surface area (Å²) in [5.41, 5.74) is 2.52. The average Bonchev–Trinajstić information content (AvgIpc) is 2.74. The van der Waals surface area contributed by atoms with Crippen LogP contribution < -0.4 is 5.32 Å². The van der Waals surface area contributed by atoms with Crippen LogP contribution in [0.1, 0.15) is 11.3 Å². The van der Waals surface area contributed by atoms with Gasteiger partial charge in [-0.05, 0) is 11.6 Å².